The SMILES string of the molecule is CC(C)OCCCCn1c(C(C)C)nc2cc(N)ccc21. The molecule has 2 N–H and O–H groups in total. The summed E-state index contributed by atoms with van der Waals surface area (Å²) in [5.41, 5.74) is 8.81. The molecule has 1 aromatic carbocycles. The van der Waals surface area contributed by atoms with E-state index in [1.807, 2.05) is 12.1 Å². The van der Waals surface area contributed by atoms with Gasteiger partial charge in [0.1, 0.15) is 5.82 Å². The second kappa shape index (κ2) is 6.94. The molecule has 0 saturated heterocycles. The number of anilines is 1. The molecule has 0 fully saturated rings. The Kier molecular flexibility index (Phi) is 5.23. The average Bonchev–Trinajstić information content (AvgIpc) is 2.76. The van der Waals surface area contributed by atoms with Crippen molar-refractivity contribution in [3.8, 4) is 0 Å². The number of aryl methyl sites for hydroxylation is 1. The van der Waals surface area contributed by atoms with Gasteiger partial charge in [0.2, 0.25) is 0 Å². The number of imidazole rings is 1. The van der Waals surface area contributed by atoms with Gasteiger partial charge in [0.05, 0.1) is 17.1 Å². The maximum absolute atomic E-state index is 5.86. The molecule has 0 spiro atoms. The van der Waals surface area contributed by atoms with Crippen LogP contribution >= 0.6 is 0 Å². The summed E-state index contributed by atoms with van der Waals surface area (Å²) in [6.07, 6.45) is 2.49. The molecule has 2 rings (SSSR count). The molecule has 0 unspecified atom stereocenters. The third kappa shape index (κ3) is 3.97. The second-order valence-electron chi connectivity index (χ2n) is 6.15. The topological polar surface area (TPSA) is 53.1 Å². The Balaban J connectivity index is 2.11. The molecule has 4 nitrogen and oxygen atoms in total. The van der Waals surface area contributed by atoms with Gasteiger partial charge in [-0.2, -0.15) is 0 Å². The summed E-state index contributed by atoms with van der Waals surface area (Å²) < 4.78 is 7.93. The van der Waals surface area contributed by atoms with Gasteiger partial charge in [-0.05, 0) is 44.9 Å². The molecule has 0 saturated carbocycles. The van der Waals surface area contributed by atoms with E-state index in [4.69, 9.17) is 15.5 Å². The van der Waals surface area contributed by atoms with Gasteiger partial charge in [-0.25, -0.2) is 4.98 Å². The van der Waals surface area contributed by atoms with E-state index in [0.717, 1.165) is 43.0 Å². The Morgan fingerprint density at radius 3 is 2.62 bits per heavy atom. The van der Waals surface area contributed by atoms with E-state index in [0.29, 0.717) is 12.0 Å². The van der Waals surface area contributed by atoms with Crippen molar-refractivity contribution in [3.63, 3.8) is 0 Å². The van der Waals surface area contributed by atoms with Crippen LogP contribution in [-0.2, 0) is 11.3 Å². The summed E-state index contributed by atoms with van der Waals surface area (Å²) in [7, 11) is 0. The third-order valence-electron chi connectivity index (χ3n) is 3.55. The lowest BCUT2D eigenvalue weighted by molar-refractivity contribution is 0.0754. The lowest BCUT2D eigenvalue weighted by Gasteiger charge is -2.12. The van der Waals surface area contributed by atoms with Crippen molar-refractivity contribution >= 4 is 16.7 Å². The molecular weight excluding hydrogens is 262 g/mol. The fourth-order valence-electron chi connectivity index (χ4n) is 2.53. The maximum Gasteiger partial charge on any atom is 0.112 e. The molecule has 4 heteroatoms. The van der Waals surface area contributed by atoms with Crippen molar-refractivity contribution in [1.29, 1.82) is 0 Å². The Bertz CT molecular complexity index is 587. The Morgan fingerprint density at radius 1 is 1.19 bits per heavy atom. The highest BCUT2D eigenvalue weighted by Gasteiger charge is 2.13. The number of nitrogens with two attached hydrogens (primary N) is 1. The van der Waals surface area contributed by atoms with Crippen LogP contribution in [-0.4, -0.2) is 22.3 Å². The second-order valence-corrected chi connectivity index (χ2v) is 6.15. The standard InChI is InChI=1S/C17H27N3O/c1-12(2)17-19-15-11-14(18)7-8-16(15)20(17)9-5-6-10-21-13(3)4/h7-8,11-13H,5-6,9-10,18H2,1-4H3. The molecule has 0 radical (unpaired) electrons. The van der Waals surface area contributed by atoms with Gasteiger partial charge >= 0.3 is 0 Å². The first-order chi connectivity index (χ1) is 9.99. The van der Waals surface area contributed by atoms with E-state index in [1.165, 1.54) is 5.52 Å². The minimum absolute atomic E-state index is 0.313. The van der Waals surface area contributed by atoms with E-state index in [-0.39, 0.29) is 0 Å². The Labute approximate surface area is 127 Å². The number of benzene rings is 1. The number of ether oxygens (including phenoxy) is 1. The minimum atomic E-state index is 0.313. The molecule has 1 heterocycles. The van der Waals surface area contributed by atoms with Gasteiger partial charge in [-0.15, -0.1) is 0 Å². The minimum Gasteiger partial charge on any atom is -0.399 e. The van der Waals surface area contributed by atoms with Crippen LogP contribution in [0.15, 0.2) is 18.2 Å². The van der Waals surface area contributed by atoms with Gasteiger partial charge < -0.3 is 15.0 Å². The highest BCUT2D eigenvalue weighted by atomic mass is 16.5. The first-order valence-electron chi connectivity index (χ1n) is 7.86. The molecule has 116 valence electrons. The number of nitrogen functional groups attached to an aromatic ring is 1. The van der Waals surface area contributed by atoms with E-state index in [2.05, 4.69) is 38.3 Å². The predicted octanol–water partition coefficient (Wildman–Crippen LogP) is 3.95. The van der Waals surface area contributed by atoms with Crippen molar-refractivity contribution in [2.75, 3.05) is 12.3 Å². The molecule has 0 amide bonds. The summed E-state index contributed by atoms with van der Waals surface area (Å²) in [6.45, 7) is 10.3. The lowest BCUT2D eigenvalue weighted by atomic mass is 10.2. The van der Waals surface area contributed by atoms with Crippen LogP contribution in [0.2, 0.25) is 0 Å². The summed E-state index contributed by atoms with van der Waals surface area (Å²) in [5.74, 6) is 1.55. The first kappa shape index (κ1) is 15.8. The largest absolute Gasteiger partial charge is 0.399 e. The van der Waals surface area contributed by atoms with Crippen LogP contribution in [0.5, 0.6) is 0 Å². The number of hydrogen-bond acceptors (Lipinski definition) is 3. The molecular formula is C17H27N3O. The number of aromatic nitrogens is 2. The van der Waals surface area contributed by atoms with E-state index in [1.54, 1.807) is 0 Å². The summed E-state index contributed by atoms with van der Waals surface area (Å²) in [5, 5.41) is 0. The summed E-state index contributed by atoms with van der Waals surface area (Å²) in [6, 6.07) is 5.99. The number of rotatable bonds is 7. The zero-order valence-electron chi connectivity index (χ0n) is 13.6. The highest BCUT2D eigenvalue weighted by Crippen LogP contribution is 2.24. The first-order valence-corrected chi connectivity index (χ1v) is 7.86. The van der Waals surface area contributed by atoms with Crippen molar-refractivity contribution < 1.29 is 4.74 Å². The van der Waals surface area contributed by atoms with Crippen molar-refractivity contribution in [2.24, 2.45) is 0 Å². The summed E-state index contributed by atoms with van der Waals surface area (Å²) in [4.78, 5) is 4.75. The summed E-state index contributed by atoms with van der Waals surface area (Å²) >= 11 is 0. The van der Waals surface area contributed by atoms with Crippen LogP contribution in [0.1, 0.15) is 52.3 Å². The smallest absolute Gasteiger partial charge is 0.112 e. The van der Waals surface area contributed by atoms with E-state index in [9.17, 15) is 0 Å². The molecule has 0 aliphatic rings. The number of hydrogen-bond donors (Lipinski definition) is 1. The van der Waals surface area contributed by atoms with Crippen LogP contribution in [0.3, 0.4) is 0 Å². The van der Waals surface area contributed by atoms with Gasteiger partial charge in [-0.1, -0.05) is 13.8 Å². The van der Waals surface area contributed by atoms with Gasteiger partial charge in [0.25, 0.3) is 0 Å². The molecule has 2 aromatic rings. The van der Waals surface area contributed by atoms with Gasteiger partial charge in [0, 0.05) is 24.8 Å². The fourth-order valence-corrected chi connectivity index (χ4v) is 2.53. The normalized spacial score (nSPS) is 11.9. The Morgan fingerprint density at radius 2 is 1.95 bits per heavy atom. The van der Waals surface area contributed by atoms with E-state index >= 15 is 0 Å². The molecule has 21 heavy (non-hydrogen) atoms. The number of nitrogens with zero attached hydrogens (tertiary/aromatic N) is 2. The average molecular weight is 289 g/mol. The zero-order valence-corrected chi connectivity index (χ0v) is 13.6. The maximum atomic E-state index is 5.86. The predicted molar refractivity (Wildman–Crippen MR) is 88.6 cm³/mol. The van der Waals surface area contributed by atoms with Crippen molar-refractivity contribution in [1.82, 2.24) is 9.55 Å². The molecule has 0 aliphatic carbocycles. The van der Waals surface area contributed by atoms with Crippen LogP contribution in [0, 0.1) is 0 Å². The third-order valence-corrected chi connectivity index (χ3v) is 3.55. The molecule has 0 atom stereocenters. The zero-order chi connectivity index (χ0) is 15.4. The number of fused-ring (bicyclic) bond motifs is 1. The molecule has 1 aromatic heterocycles. The lowest BCUT2D eigenvalue weighted by Crippen LogP contribution is -2.08. The van der Waals surface area contributed by atoms with Crippen molar-refractivity contribution in [3.05, 3.63) is 24.0 Å². The van der Waals surface area contributed by atoms with Crippen LogP contribution < -0.4 is 5.73 Å². The van der Waals surface area contributed by atoms with Crippen LogP contribution in [0.4, 0.5) is 5.69 Å². The van der Waals surface area contributed by atoms with Gasteiger partial charge in [-0.3, -0.25) is 0 Å². The Hall–Kier alpha value is -1.55. The highest BCUT2D eigenvalue weighted by molar-refractivity contribution is 5.79. The van der Waals surface area contributed by atoms with Crippen molar-refractivity contribution in [2.45, 2.75) is 59.1 Å². The molecule has 0 aliphatic heterocycles. The van der Waals surface area contributed by atoms with Gasteiger partial charge in [0.15, 0.2) is 0 Å². The van der Waals surface area contributed by atoms with E-state index < -0.39 is 0 Å². The fraction of sp³-hybridized carbons (Fsp3) is 0.588. The molecule has 0 bridgehead atoms. The monoisotopic (exact) mass is 289 g/mol. The van der Waals surface area contributed by atoms with Crippen LogP contribution in [0.25, 0.3) is 11.0 Å². The number of unbranched alkanes of at least 4 members (excludes halogenated alkanes) is 1. The quantitative estimate of drug-likeness (QED) is 0.620.